The van der Waals surface area contributed by atoms with Crippen LogP contribution in [-0.2, 0) is 0 Å². The molecule has 0 spiro atoms. The van der Waals surface area contributed by atoms with Crippen molar-refractivity contribution in [2.24, 2.45) is 5.73 Å². The maximum absolute atomic E-state index is 12.1. The van der Waals surface area contributed by atoms with Gasteiger partial charge in [0.05, 0.1) is 6.04 Å². The van der Waals surface area contributed by atoms with Gasteiger partial charge in [-0.25, -0.2) is 4.39 Å². The molecule has 0 saturated heterocycles. The van der Waals surface area contributed by atoms with Gasteiger partial charge in [0.2, 0.25) is 0 Å². The average Bonchev–Trinajstić information content (AvgIpc) is 2.03. The maximum atomic E-state index is 12.1. The number of benzene rings is 1. The summed E-state index contributed by atoms with van der Waals surface area (Å²) in [6.45, 7) is -0.671. The summed E-state index contributed by atoms with van der Waals surface area (Å²) in [6.07, 6.45) is 0. The minimum absolute atomic E-state index is 0.0227. The molecule has 1 rings (SSSR count). The van der Waals surface area contributed by atoms with Gasteiger partial charge in [-0.05, 0) is 12.1 Å². The van der Waals surface area contributed by atoms with Gasteiger partial charge in [0.15, 0.2) is 0 Å². The van der Waals surface area contributed by atoms with Crippen LogP contribution < -0.4 is 5.73 Å². The number of phenolic OH excluding ortho intramolecular Hbond substituents is 1. The van der Waals surface area contributed by atoms with Crippen molar-refractivity contribution in [3.63, 3.8) is 0 Å². The molecule has 0 heterocycles. The first-order valence-corrected chi connectivity index (χ1v) is 4.24. The number of hydrogen-bond acceptors (Lipinski definition) is 2. The zero-order chi connectivity index (χ0) is 9.14. The van der Waals surface area contributed by atoms with Crippen LogP contribution in [0.4, 0.5) is 4.39 Å². The molecule has 0 aliphatic rings. The van der Waals surface area contributed by atoms with Crippen molar-refractivity contribution in [1.29, 1.82) is 0 Å². The van der Waals surface area contributed by atoms with Gasteiger partial charge in [0, 0.05) is 10.0 Å². The Morgan fingerprint density at radius 3 is 2.75 bits per heavy atom. The van der Waals surface area contributed by atoms with Crippen LogP contribution in [0.2, 0.25) is 0 Å². The van der Waals surface area contributed by atoms with E-state index in [-0.39, 0.29) is 5.75 Å². The third-order valence-corrected chi connectivity index (χ3v) is 2.05. The fourth-order valence-corrected chi connectivity index (χ4v) is 1.26. The lowest BCUT2D eigenvalue weighted by Crippen LogP contribution is -2.12. The molecule has 0 fully saturated rings. The van der Waals surface area contributed by atoms with E-state index in [2.05, 4.69) is 15.9 Å². The van der Waals surface area contributed by atoms with Crippen LogP contribution in [0.3, 0.4) is 0 Å². The van der Waals surface area contributed by atoms with E-state index in [1.807, 2.05) is 0 Å². The van der Waals surface area contributed by atoms with Crippen molar-refractivity contribution in [2.75, 3.05) is 6.67 Å². The molecule has 66 valence electrons. The van der Waals surface area contributed by atoms with E-state index in [0.717, 1.165) is 4.47 Å². The number of phenols is 1. The molecule has 0 radical (unpaired) electrons. The highest BCUT2D eigenvalue weighted by atomic mass is 79.9. The Hall–Kier alpha value is -0.610. The standard InChI is InChI=1S/C8H9BrFNO/c9-5-1-2-6(7(11)4-10)8(12)3-5/h1-3,7,12H,4,11H2/t7-/m1/s1. The van der Waals surface area contributed by atoms with Crippen LogP contribution in [0.1, 0.15) is 11.6 Å². The van der Waals surface area contributed by atoms with E-state index in [0.29, 0.717) is 5.56 Å². The highest BCUT2D eigenvalue weighted by Gasteiger charge is 2.09. The topological polar surface area (TPSA) is 46.2 Å². The van der Waals surface area contributed by atoms with Crippen molar-refractivity contribution in [2.45, 2.75) is 6.04 Å². The second-order valence-electron chi connectivity index (χ2n) is 2.46. The molecule has 0 bridgehead atoms. The number of nitrogens with two attached hydrogens (primary N) is 1. The first-order valence-electron chi connectivity index (χ1n) is 3.45. The fraction of sp³-hybridized carbons (Fsp3) is 0.250. The van der Waals surface area contributed by atoms with Gasteiger partial charge in [-0.15, -0.1) is 0 Å². The quantitative estimate of drug-likeness (QED) is 0.823. The number of alkyl halides is 1. The highest BCUT2D eigenvalue weighted by molar-refractivity contribution is 9.10. The van der Waals surface area contributed by atoms with Crippen molar-refractivity contribution in [3.8, 4) is 5.75 Å². The van der Waals surface area contributed by atoms with Gasteiger partial charge in [-0.1, -0.05) is 22.0 Å². The van der Waals surface area contributed by atoms with Crippen LogP contribution >= 0.6 is 15.9 Å². The average molecular weight is 234 g/mol. The molecule has 2 nitrogen and oxygen atoms in total. The molecule has 1 aromatic rings. The second kappa shape index (κ2) is 3.87. The lowest BCUT2D eigenvalue weighted by atomic mass is 10.1. The smallest absolute Gasteiger partial charge is 0.121 e. The van der Waals surface area contributed by atoms with Gasteiger partial charge in [-0.2, -0.15) is 0 Å². The van der Waals surface area contributed by atoms with Crippen LogP contribution in [0.15, 0.2) is 22.7 Å². The molecule has 0 aliphatic heterocycles. The Balaban J connectivity index is 3.01. The van der Waals surface area contributed by atoms with Gasteiger partial charge in [-0.3, -0.25) is 0 Å². The summed E-state index contributed by atoms with van der Waals surface area (Å²) in [5.74, 6) is 0.0227. The van der Waals surface area contributed by atoms with E-state index in [1.165, 1.54) is 6.07 Å². The van der Waals surface area contributed by atoms with E-state index >= 15 is 0 Å². The van der Waals surface area contributed by atoms with Crippen molar-refractivity contribution in [3.05, 3.63) is 28.2 Å². The molecular weight excluding hydrogens is 225 g/mol. The summed E-state index contributed by atoms with van der Waals surface area (Å²) in [5.41, 5.74) is 5.83. The Labute approximate surface area is 78.3 Å². The molecule has 0 amide bonds. The molecule has 4 heteroatoms. The predicted molar refractivity (Wildman–Crippen MR) is 48.7 cm³/mol. The number of halogens is 2. The summed E-state index contributed by atoms with van der Waals surface area (Å²) in [6, 6.07) is 4.07. The largest absolute Gasteiger partial charge is 0.508 e. The molecular formula is C8H9BrFNO. The minimum Gasteiger partial charge on any atom is -0.508 e. The predicted octanol–water partition coefficient (Wildman–Crippen LogP) is 2.12. The molecule has 0 aliphatic carbocycles. The summed E-state index contributed by atoms with van der Waals surface area (Å²) >= 11 is 3.17. The van der Waals surface area contributed by atoms with E-state index in [9.17, 15) is 9.50 Å². The summed E-state index contributed by atoms with van der Waals surface area (Å²) in [7, 11) is 0. The van der Waals surface area contributed by atoms with Crippen molar-refractivity contribution in [1.82, 2.24) is 0 Å². The molecule has 0 aromatic heterocycles. The summed E-state index contributed by atoms with van der Waals surface area (Å²) in [4.78, 5) is 0. The SMILES string of the molecule is N[C@H](CF)c1ccc(Br)cc1O. The molecule has 1 aromatic carbocycles. The molecule has 12 heavy (non-hydrogen) atoms. The van der Waals surface area contributed by atoms with E-state index < -0.39 is 12.7 Å². The monoisotopic (exact) mass is 233 g/mol. The Bertz CT molecular complexity index is 280. The van der Waals surface area contributed by atoms with Gasteiger partial charge in [0.1, 0.15) is 12.4 Å². The van der Waals surface area contributed by atoms with Crippen molar-refractivity contribution >= 4 is 15.9 Å². The third kappa shape index (κ3) is 1.95. The normalized spacial score (nSPS) is 12.9. The minimum atomic E-state index is -0.738. The van der Waals surface area contributed by atoms with Crippen molar-refractivity contribution < 1.29 is 9.50 Å². The number of hydrogen-bond donors (Lipinski definition) is 2. The summed E-state index contributed by atoms with van der Waals surface area (Å²) < 4.78 is 12.9. The summed E-state index contributed by atoms with van der Waals surface area (Å²) in [5, 5.41) is 9.32. The fourth-order valence-electron chi connectivity index (χ4n) is 0.913. The molecule has 0 saturated carbocycles. The van der Waals surface area contributed by atoms with Crippen LogP contribution in [-0.4, -0.2) is 11.8 Å². The number of aromatic hydroxyl groups is 1. The first kappa shape index (κ1) is 9.48. The van der Waals surface area contributed by atoms with Gasteiger partial charge >= 0.3 is 0 Å². The maximum Gasteiger partial charge on any atom is 0.121 e. The molecule has 1 atom stereocenters. The Morgan fingerprint density at radius 2 is 2.25 bits per heavy atom. The molecule has 0 unspecified atom stereocenters. The van der Waals surface area contributed by atoms with E-state index in [4.69, 9.17) is 5.73 Å². The molecule has 3 N–H and O–H groups in total. The van der Waals surface area contributed by atoms with Crippen LogP contribution in [0.25, 0.3) is 0 Å². The number of rotatable bonds is 2. The van der Waals surface area contributed by atoms with E-state index in [1.54, 1.807) is 12.1 Å². The highest BCUT2D eigenvalue weighted by Crippen LogP contribution is 2.26. The first-order chi connectivity index (χ1) is 5.65. The lowest BCUT2D eigenvalue weighted by Gasteiger charge is -2.09. The third-order valence-electron chi connectivity index (χ3n) is 1.56. The Morgan fingerprint density at radius 1 is 1.58 bits per heavy atom. The van der Waals surface area contributed by atoms with Gasteiger partial charge in [0.25, 0.3) is 0 Å². The van der Waals surface area contributed by atoms with Gasteiger partial charge < -0.3 is 10.8 Å². The zero-order valence-corrected chi connectivity index (χ0v) is 7.88. The van der Waals surface area contributed by atoms with Crippen LogP contribution in [0, 0.1) is 0 Å². The van der Waals surface area contributed by atoms with Crippen LogP contribution in [0.5, 0.6) is 5.75 Å². The zero-order valence-electron chi connectivity index (χ0n) is 6.30. The lowest BCUT2D eigenvalue weighted by molar-refractivity contribution is 0.414. The second-order valence-corrected chi connectivity index (χ2v) is 3.38. The Kier molecular flexibility index (Phi) is 3.05.